The summed E-state index contributed by atoms with van der Waals surface area (Å²) in [5.41, 5.74) is 1.40. The zero-order valence-electron chi connectivity index (χ0n) is 10.3. The average Bonchev–Trinajstić information content (AvgIpc) is 3.06. The van der Waals surface area contributed by atoms with Crippen LogP contribution in [-0.2, 0) is 16.1 Å². The molecule has 1 atom stereocenters. The summed E-state index contributed by atoms with van der Waals surface area (Å²) in [6.45, 7) is 2.59. The van der Waals surface area contributed by atoms with Gasteiger partial charge in [-0.3, -0.25) is 14.5 Å². The molecule has 1 heterocycles. The Morgan fingerprint density at radius 1 is 1.33 bits per heavy atom. The first kappa shape index (κ1) is 11.6. The molecule has 1 aromatic carbocycles. The summed E-state index contributed by atoms with van der Waals surface area (Å²) in [6.07, 6.45) is 2.71. The predicted octanol–water partition coefficient (Wildman–Crippen LogP) is 1.67. The topological polar surface area (TPSA) is 37.4 Å². The van der Waals surface area contributed by atoms with Crippen molar-refractivity contribution in [3.05, 3.63) is 35.9 Å². The third kappa shape index (κ3) is 1.99. The number of aldehydes is 1. The molecule has 1 unspecified atom stereocenters. The number of benzene rings is 1. The first-order chi connectivity index (χ1) is 8.73. The first-order valence-corrected chi connectivity index (χ1v) is 6.49. The maximum atomic E-state index is 11.7. The standard InChI is InChI=1S/C15H17NO2/c17-10-14(18)13-9-16(11-15(13)6-7-15)8-12-4-2-1-3-5-12/h1-5,10,13H,6-9,11H2. The van der Waals surface area contributed by atoms with Crippen LogP contribution in [-0.4, -0.2) is 30.1 Å². The molecule has 1 aromatic rings. The Morgan fingerprint density at radius 3 is 2.67 bits per heavy atom. The molecule has 1 saturated heterocycles. The number of ketones is 1. The summed E-state index contributed by atoms with van der Waals surface area (Å²) >= 11 is 0. The summed E-state index contributed by atoms with van der Waals surface area (Å²) in [6, 6.07) is 10.3. The van der Waals surface area contributed by atoms with Crippen molar-refractivity contribution >= 4 is 12.1 Å². The van der Waals surface area contributed by atoms with Crippen molar-refractivity contribution in [2.24, 2.45) is 11.3 Å². The lowest BCUT2D eigenvalue weighted by Crippen LogP contribution is -2.25. The molecule has 0 N–H and O–H groups in total. The van der Waals surface area contributed by atoms with E-state index in [1.165, 1.54) is 5.56 Å². The highest BCUT2D eigenvalue weighted by molar-refractivity contribution is 6.26. The van der Waals surface area contributed by atoms with E-state index in [9.17, 15) is 9.59 Å². The van der Waals surface area contributed by atoms with Crippen molar-refractivity contribution in [2.75, 3.05) is 13.1 Å². The Balaban J connectivity index is 1.70. The van der Waals surface area contributed by atoms with Gasteiger partial charge in [-0.25, -0.2) is 0 Å². The third-order valence-corrected chi connectivity index (χ3v) is 4.32. The second-order valence-electron chi connectivity index (χ2n) is 5.59. The van der Waals surface area contributed by atoms with E-state index in [2.05, 4.69) is 17.0 Å². The second-order valence-corrected chi connectivity index (χ2v) is 5.59. The van der Waals surface area contributed by atoms with Crippen LogP contribution in [0, 0.1) is 11.3 Å². The van der Waals surface area contributed by atoms with Gasteiger partial charge in [0.2, 0.25) is 0 Å². The SMILES string of the molecule is O=CC(=O)C1CN(Cc2ccccc2)CC12CC2. The van der Waals surface area contributed by atoms with Crippen molar-refractivity contribution in [3.8, 4) is 0 Å². The number of likely N-dealkylation sites (tertiary alicyclic amines) is 1. The van der Waals surface area contributed by atoms with E-state index < -0.39 is 0 Å². The number of nitrogens with zero attached hydrogens (tertiary/aromatic N) is 1. The number of carbonyl (C=O) groups is 2. The van der Waals surface area contributed by atoms with Gasteiger partial charge in [-0.1, -0.05) is 30.3 Å². The number of carbonyl (C=O) groups excluding carboxylic acids is 2. The summed E-state index contributed by atoms with van der Waals surface area (Å²) < 4.78 is 0. The lowest BCUT2D eigenvalue weighted by Gasteiger charge is -2.15. The minimum absolute atomic E-state index is 0.0567. The van der Waals surface area contributed by atoms with Crippen molar-refractivity contribution < 1.29 is 9.59 Å². The van der Waals surface area contributed by atoms with Gasteiger partial charge in [-0.05, 0) is 23.8 Å². The van der Waals surface area contributed by atoms with E-state index in [1.807, 2.05) is 18.2 Å². The largest absolute Gasteiger partial charge is 0.298 e. The fourth-order valence-corrected chi connectivity index (χ4v) is 3.18. The molecule has 0 bridgehead atoms. The van der Waals surface area contributed by atoms with Gasteiger partial charge < -0.3 is 0 Å². The fraction of sp³-hybridized carbons (Fsp3) is 0.467. The Hall–Kier alpha value is -1.48. The molecule has 18 heavy (non-hydrogen) atoms. The molecule has 0 radical (unpaired) electrons. The van der Waals surface area contributed by atoms with Crippen LogP contribution in [0.25, 0.3) is 0 Å². The number of hydrogen-bond acceptors (Lipinski definition) is 3. The van der Waals surface area contributed by atoms with Crippen molar-refractivity contribution in [3.63, 3.8) is 0 Å². The molecule has 1 aliphatic carbocycles. The van der Waals surface area contributed by atoms with E-state index in [0.29, 0.717) is 6.29 Å². The van der Waals surface area contributed by atoms with Gasteiger partial charge >= 0.3 is 0 Å². The van der Waals surface area contributed by atoms with Gasteiger partial charge in [0.1, 0.15) is 0 Å². The maximum Gasteiger partial charge on any atom is 0.200 e. The van der Waals surface area contributed by atoms with Crippen LogP contribution in [0.3, 0.4) is 0 Å². The molecule has 0 aromatic heterocycles. The van der Waals surface area contributed by atoms with Gasteiger partial charge in [-0.15, -0.1) is 0 Å². The Morgan fingerprint density at radius 2 is 2.06 bits per heavy atom. The molecule has 0 amide bonds. The predicted molar refractivity (Wildman–Crippen MR) is 67.9 cm³/mol. The quantitative estimate of drug-likeness (QED) is 0.596. The van der Waals surface area contributed by atoms with Crippen LogP contribution >= 0.6 is 0 Å². The van der Waals surface area contributed by atoms with E-state index in [4.69, 9.17) is 0 Å². The smallest absolute Gasteiger partial charge is 0.200 e. The Bertz CT molecular complexity index is 465. The van der Waals surface area contributed by atoms with E-state index in [0.717, 1.165) is 32.5 Å². The second kappa shape index (κ2) is 4.32. The molecule has 3 nitrogen and oxygen atoms in total. The van der Waals surface area contributed by atoms with Crippen LogP contribution < -0.4 is 0 Å². The lowest BCUT2D eigenvalue weighted by molar-refractivity contribution is -0.133. The Labute approximate surface area is 107 Å². The van der Waals surface area contributed by atoms with Gasteiger partial charge in [0, 0.05) is 25.6 Å². The number of hydrogen-bond donors (Lipinski definition) is 0. The number of rotatable bonds is 4. The molecule has 3 rings (SSSR count). The van der Waals surface area contributed by atoms with Gasteiger partial charge in [0.15, 0.2) is 12.1 Å². The van der Waals surface area contributed by atoms with E-state index in [1.54, 1.807) is 0 Å². The molecule has 1 spiro atoms. The highest BCUT2D eigenvalue weighted by atomic mass is 16.2. The van der Waals surface area contributed by atoms with E-state index in [-0.39, 0.29) is 17.1 Å². The minimum atomic E-state index is -0.205. The minimum Gasteiger partial charge on any atom is -0.298 e. The average molecular weight is 243 g/mol. The zero-order chi connectivity index (χ0) is 12.6. The normalized spacial score (nSPS) is 25.2. The molecule has 1 aliphatic heterocycles. The number of Topliss-reactive ketones (excluding diaryl/α,β-unsaturated/α-hetero) is 1. The van der Waals surface area contributed by atoms with E-state index >= 15 is 0 Å². The summed E-state index contributed by atoms with van der Waals surface area (Å²) in [7, 11) is 0. The Kier molecular flexibility index (Phi) is 2.78. The maximum absolute atomic E-state index is 11.7. The summed E-state index contributed by atoms with van der Waals surface area (Å²) in [5.74, 6) is -0.262. The van der Waals surface area contributed by atoms with Gasteiger partial charge in [0.25, 0.3) is 0 Å². The molecule has 1 saturated carbocycles. The zero-order valence-corrected chi connectivity index (χ0v) is 10.3. The lowest BCUT2D eigenvalue weighted by atomic mass is 9.90. The van der Waals surface area contributed by atoms with Crippen molar-refractivity contribution in [2.45, 2.75) is 19.4 Å². The molecule has 3 heteroatoms. The molecule has 2 fully saturated rings. The molecular formula is C15H17NO2. The molecule has 2 aliphatic rings. The van der Waals surface area contributed by atoms with Crippen LogP contribution in [0.5, 0.6) is 0 Å². The van der Waals surface area contributed by atoms with Crippen molar-refractivity contribution in [1.82, 2.24) is 4.90 Å². The monoisotopic (exact) mass is 243 g/mol. The van der Waals surface area contributed by atoms with Gasteiger partial charge in [-0.2, -0.15) is 0 Å². The van der Waals surface area contributed by atoms with Gasteiger partial charge in [0.05, 0.1) is 0 Å². The van der Waals surface area contributed by atoms with Crippen LogP contribution in [0.1, 0.15) is 18.4 Å². The summed E-state index contributed by atoms with van der Waals surface area (Å²) in [5, 5.41) is 0. The summed E-state index contributed by atoms with van der Waals surface area (Å²) in [4.78, 5) is 24.7. The first-order valence-electron chi connectivity index (χ1n) is 6.49. The van der Waals surface area contributed by atoms with Crippen molar-refractivity contribution in [1.29, 1.82) is 0 Å². The molecule has 94 valence electrons. The van der Waals surface area contributed by atoms with Crippen LogP contribution in [0.15, 0.2) is 30.3 Å². The third-order valence-electron chi connectivity index (χ3n) is 4.32. The highest BCUT2D eigenvalue weighted by Crippen LogP contribution is 2.56. The van der Waals surface area contributed by atoms with Crippen LogP contribution in [0.4, 0.5) is 0 Å². The highest BCUT2D eigenvalue weighted by Gasteiger charge is 2.57. The van der Waals surface area contributed by atoms with Crippen LogP contribution in [0.2, 0.25) is 0 Å². The fourth-order valence-electron chi connectivity index (χ4n) is 3.18. The molecular weight excluding hydrogens is 226 g/mol.